The summed E-state index contributed by atoms with van der Waals surface area (Å²) in [5.74, 6) is 1.46. The molecule has 0 atom stereocenters. The van der Waals surface area contributed by atoms with E-state index in [1.165, 1.54) is 0 Å². The molecule has 0 unspecified atom stereocenters. The second kappa shape index (κ2) is 5.50. The second-order valence-corrected chi connectivity index (χ2v) is 4.58. The van der Waals surface area contributed by atoms with Crippen LogP contribution in [0.1, 0.15) is 11.1 Å². The van der Waals surface area contributed by atoms with E-state index in [4.69, 9.17) is 14.2 Å². The zero-order valence-electron chi connectivity index (χ0n) is 11.7. The number of ether oxygens (including phenoxy) is 2. The molecule has 1 aliphatic heterocycles. The lowest BCUT2D eigenvalue weighted by molar-refractivity contribution is 0.284. The summed E-state index contributed by atoms with van der Waals surface area (Å²) in [7, 11) is 2.15. The van der Waals surface area contributed by atoms with E-state index in [1.54, 1.807) is 26.4 Å². The minimum Gasteiger partial charge on any atom is -0.497 e. The Hall–Kier alpha value is -2.47. The van der Waals surface area contributed by atoms with Crippen molar-refractivity contribution in [1.29, 1.82) is 0 Å². The summed E-state index contributed by atoms with van der Waals surface area (Å²) >= 11 is 0. The first-order valence-corrected chi connectivity index (χ1v) is 6.47. The molecule has 0 fully saturated rings. The van der Waals surface area contributed by atoms with Crippen LogP contribution in [0, 0.1) is 0 Å². The molecule has 1 heterocycles. The van der Waals surface area contributed by atoms with Crippen LogP contribution in [-0.4, -0.2) is 32.1 Å². The lowest BCUT2D eigenvalue weighted by Gasteiger charge is -2.19. The molecule has 0 bridgehead atoms. The number of methoxy groups -OCH3 is 2. The van der Waals surface area contributed by atoms with Crippen LogP contribution in [0.4, 0.5) is 0 Å². The standard InChI is InChI=1S/C15H14BNO4/c1-19-11-5-3-10(4-6-11)15-13-9-12(20-2)7-8-14(13)16(18)21-17-15/h3-9,18H,1-2H3. The van der Waals surface area contributed by atoms with Gasteiger partial charge >= 0.3 is 7.12 Å². The number of benzene rings is 2. The van der Waals surface area contributed by atoms with Crippen LogP contribution in [0.2, 0.25) is 0 Å². The van der Waals surface area contributed by atoms with E-state index in [0.717, 1.165) is 16.9 Å². The molecule has 2 aromatic carbocycles. The molecule has 21 heavy (non-hydrogen) atoms. The Bertz CT molecular complexity index is 685. The number of nitrogens with zero attached hydrogens (tertiary/aromatic N) is 1. The van der Waals surface area contributed by atoms with Crippen molar-refractivity contribution in [3.8, 4) is 11.5 Å². The van der Waals surface area contributed by atoms with E-state index in [0.29, 0.717) is 16.9 Å². The van der Waals surface area contributed by atoms with Gasteiger partial charge in [-0.25, -0.2) is 0 Å². The predicted octanol–water partition coefficient (Wildman–Crippen LogP) is 1.17. The molecule has 1 aliphatic rings. The van der Waals surface area contributed by atoms with E-state index in [9.17, 15) is 5.02 Å². The predicted molar refractivity (Wildman–Crippen MR) is 80.3 cm³/mol. The van der Waals surface area contributed by atoms with Gasteiger partial charge in [0.2, 0.25) is 0 Å². The Labute approximate surface area is 122 Å². The van der Waals surface area contributed by atoms with Gasteiger partial charge in [-0.05, 0) is 36.4 Å². The van der Waals surface area contributed by atoms with Crippen molar-refractivity contribution in [3.05, 3.63) is 53.6 Å². The van der Waals surface area contributed by atoms with Gasteiger partial charge in [0.05, 0.1) is 14.2 Å². The quantitative estimate of drug-likeness (QED) is 0.859. The van der Waals surface area contributed by atoms with Crippen LogP contribution >= 0.6 is 0 Å². The Morgan fingerprint density at radius 1 is 1.00 bits per heavy atom. The highest BCUT2D eigenvalue weighted by atomic mass is 16.6. The second-order valence-electron chi connectivity index (χ2n) is 4.58. The maximum atomic E-state index is 9.88. The molecule has 6 heteroatoms. The van der Waals surface area contributed by atoms with Crippen molar-refractivity contribution in [3.63, 3.8) is 0 Å². The number of rotatable bonds is 3. The van der Waals surface area contributed by atoms with Gasteiger partial charge < -0.3 is 19.3 Å². The van der Waals surface area contributed by atoms with E-state index in [-0.39, 0.29) is 0 Å². The molecule has 0 aliphatic carbocycles. The largest absolute Gasteiger partial charge is 0.583 e. The van der Waals surface area contributed by atoms with Gasteiger partial charge in [0, 0.05) is 16.6 Å². The zero-order chi connectivity index (χ0) is 14.8. The van der Waals surface area contributed by atoms with Gasteiger partial charge in [-0.2, -0.15) is 0 Å². The summed E-state index contributed by atoms with van der Waals surface area (Å²) in [5.41, 5.74) is 2.98. The first-order valence-electron chi connectivity index (χ1n) is 6.47. The van der Waals surface area contributed by atoms with Gasteiger partial charge in [0.25, 0.3) is 0 Å². The maximum absolute atomic E-state index is 9.88. The fourth-order valence-corrected chi connectivity index (χ4v) is 2.25. The molecule has 5 nitrogen and oxygen atoms in total. The molecule has 0 spiro atoms. The fourth-order valence-electron chi connectivity index (χ4n) is 2.25. The smallest absolute Gasteiger partial charge is 0.497 e. The van der Waals surface area contributed by atoms with Gasteiger partial charge in [-0.15, -0.1) is 5.16 Å². The van der Waals surface area contributed by atoms with E-state index < -0.39 is 7.12 Å². The van der Waals surface area contributed by atoms with Crippen molar-refractivity contribution in [2.45, 2.75) is 0 Å². The molecule has 2 aromatic rings. The number of oxime groups is 1. The molecule has 0 saturated heterocycles. The number of hydrogen-bond acceptors (Lipinski definition) is 5. The van der Waals surface area contributed by atoms with Crippen LogP contribution in [0.25, 0.3) is 0 Å². The van der Waals surface area contributed by atoms with E-state index in [1.807, 2.05) is 30.3 Å². The summed E-state index contributed by atoms with van der Waals surface area (Å²) in [5, 5.41) is 13.9. The summed E-state index contributed by atoms with van der Waals surface area (Å²) in [6.07, 6.45) is 0. The first-order chi connectivity index (χ1) is 10.2. The van der Waals surface area contributed by atoms with E-state index >= 15 is 0 Å². The minimum absolute atomic E-state index is 0.650. The maximum Gasteiger partial charge on any atom is 0.583 e. The minimum atomic E-state index is -1.06. The van der Waals surface area contributed by atoms with Crippen LogP contribution in [0.15, 0.2) is 47.6 Å². The molecule has 106 valence electrons. The lowest BCUT2D eigenvalue weighted by Crippen LogP contribution is -2.40. The van der Waals surface area contributed by atoms with Crippen molar-refractivity contribution < 1.29 is 19.3 Å². The van der Waals surface area contributed by atoms with Gasteiger partial charge in [-0.3, -0.25) is 0 Å². The molecular weight excluding hydrogens is 269 g/mol. The fraction of sp³-hybridized carbons (Fsp3) is 0.133. The molecule has 0 aromatic heterocycles. The molecule has 1 N–H and O–H groups in total. The van der Waals surface area contributed by atoms with Gasteiger partial charge in [0.1, 0.15) is 17.2 Å². The molecule has 3 rings (SSSR count). The third-order valence-corrected chi connectivity index (χ3v) is 3.39. The monoisotopic (exact) mass is 283 g/mol. The summed E-state index contributed by atoms with van der Waals surface area (Å²) in [6.45, 7) is 0. The SMILES string of the molecule is COc1ccc(C2=NOB(O)c3ccc(OC)cc32)cc1. The summed E-state index contributed by atoms with van der Waals surface area (Å²) < 4.78 is 15.5. The van der Waals surface area contributed by atoms with Gasteiger partial charge in [-0.1, -0.05) is 6.07 Å². The zero-order valence-corrected chi connectivity index (χ0v) is 11.7. The molecule has 0 saturated carbocycles. The van der Waals surface area contributed by atoms with Crippen LogP contribution < -0.4 is 14.9 Å². The normalized spacial score (nSPS) is 13.1. The van der Waals surface area contributed by atoms with Crippen LogP contribution in [0.3, 0.4) is 0 Å². The molecule has 0 radical (unpaired) electrons. The van der Waals surface area contributed by atoms with E-state index in [2.05, 4.69) is 5.16 Å². The van der Waals surface area contributed by atoms with Crippen LogP contribution in [0.5, 0.6) is 11.5 Å². The number of fused-ring (bicyclic) bond motifs is 1. The summed E-state index contributed by atoms with van der Waals surface area (Å²) in [6, 6.07) is 12.9. The highest BCUT2D eigenvalue weighted by Crippen LogP contribution is 2.21. The van der Waals surface area contributed by atoms with Crippen LogP contribution in [-0.2, 0) is 4.76 Å². The Kier molecular flexibility index (Phi) is 3.54. The first kappa shape index (κ1) is 13.5. The molecular formula is C15H14BNO4. The third kappa shape index (κ3) is 2.45. The Balaban J connectivity index is 2.07. The topological polar surface area (TPSA) is 60.3 Å². The number of hydrogen-bond donors (Lipinski definition) is 1. The van der Waals surface area contributed by atoms with Crippen molar-refractivity contribution in [2.24, 2.45) is 5.16 Å². The molecule has 0 amide bonds. The Morgan fingerprint density at radius 3 is 2.33 bits per heavy atom. The average molecular weight is 283 g/mol. The van der Waals surface area contributed by atoms with Crippen molar-refractivity contribution in [1.82, 2.24) is 0 Å². The third-order valence-electron chi connectivity index (χ3n) is 3.39. The Morgan fingerprint density at radius 2 is 1.67 bits per heavy atom. The highest BCUT2D eigenvalue weighted by molar-refractivity contribution is 6.63. The summed E-state index contributed by atoms with van der Waals surface area (Å²) in [4.78, 5) is 0. The highest BCUT2D eigenvalue weighted by Gasteiger charge is 2.30. The average Bonchev–Trinajstić information content (AvgIpc) is 2.55. The van der Waals surface area contributed by atoms with Crippen molar-refractivity contribution in [2.75, 3.05) is 14.2 Å². The van der Waals surface area contributed by atoms with Gasteiger partial charge in [0.15, 0.2) is 0 Å². The lowest BCUT2D eigenvalue weighted by atomic mass is 9.74. The van der Waals surface area contributed by atoms with Crippen molar-refractivity contribution >= 4 is 18.3 Å².